The van der Waals surface area contributed by atoms with Gasteiger partial charge in [-0.25, -0.2) is 0 Å². The van der Waals surface area contributed by atoms with E-state index in [9.17, 15) is 76.3 Å². The number of aliphatic hydroxyl groups is 14. The van der Waals surface area contributed by atoms with E-state index in [2.05, 4.69) is 13.5 Å². The van der Waals surface area contributed by atoms with Crippen molar-refractivity contribution in [2.24, 2.45) is 34.0 Å². The average molecular weight is 1020 g/mol. The van der Waals surface area contributed by atoms with Gasteiger partial charge in [0.05, 0.1) is 62.9 Å². The molecular formula is C48H76O23. The fraction of sp³-hybridized carbons (Fsp3) is 0.938. The number of ether oxygens (including phenoxy) is 8. The van der Waals surface area contributed by atoms with Crippen LogP contribution in [0.4, 0.5) is 0 Å². The van der Waals surface area contributed by atoms with Crippen LogP contribution in [-0.2, 0) is 42.7 Å². The monoisotopic (exact) mass is 1020 g/mol. The summed E-state index contributed by atoms with van der Waals surface area (Å²) in [5.41, 5.74) is -3.28. The van der Waals surface area contributed by atoms with E-state index in [1.54, 1.807) is 0 Å². The predicted molar refractivity (Wildman–Crippen MR) is 236 cm³/mol. The van der Waals surface area contributed by atoms with E-state index in [1.165, 1.54) is 0 Å². The van der Waals surface area contributed by atoms with E-state index in [0.29, 0.717) is 44.9 Å². The fourth-order valence-corrected chi connectivity index (χ4v) is 15.2. The number of carbonyl (C=O) groups is 1. The van der Waals surface area contributed by atoms with Gasteiger partial charge in [-0.05, 0) is 93.0 Å². The lowest BCUT2D eigenvalue weighted by Gasteiger charge is -2.64. The minimum Gasteiger partial charge on any atom is -0.432 e. The molecule has 14 unspecified atom stereocenters. The van der Waals surface area contributed by atoms with Crippen molar-refractivity contribution < 1.29 is 114 Å². The Labute approximate surface area is 410 Å². The van der Waals surface area contributed by atoms with Gasteiger partial charge in [0.15, 0.2) is 6.29 Å². The van der Waals surface area contributed by atoms with Gasteiger partial charge in [-0.15, -0.1) is 0 Å². The number of hydrogen-bond acceptors (Lipinski definition) is 23. The van der Waals surface area contributed by atoms with Crippen molar-refractivity contribution in [3.8, 4) is 0 Å². The second-order valence-electron chi connectivity index (χ2n) is 22.8. The Hall–Kier alpha value is -1.63. The summed E-state index contributed by atoms with van der Waals surface area (Å²) in [6.45, 7) is 5.23. The molecule has 10 fully saturated rings. The number of fused-ring (bicyclic) bond motifs is 6. The molecule has 10 rings (SSSR count). The zero-order valence-corrected chi connectivity index (χ0v) is 40.2. The lowest BCUT2D eigenvalue weighted by atomic mass is 9.41. The first-order chi connectivity index (χ1) is 33.6. The molecule has 0 aromatic heterocycles. The first kappa shape index (κ1) is 54.2. The summed E-state index contributed by atoms with van der Waals surface area (Å²) in [6.07, 6.45) is -22.8. The van der Waals surface area contributed by atoms with Crippen LogP contribution >= 0.6 is 0 Å². The van der Waals surface area contributed by atoms with Crippen LogP contribution in [0.1, 0.15) is 78.1 Å². The summed E-state index contributed by atoms with van der Waals surface area (Å²) in [6, 6.07) is 0. The van der Waals surface area contributed by atoms with Crippen LogP contribution < -0.4 is 0 Å². The topological polar surface area (TPSA) is 374 Å². The molecule has 23 nitrogen and oxygen atoms in total. The van der Waals surface area contributed by atoms with Gasteiger partial charge in [-0.1, -0.05) is 19.9 Å². The second-order valence-corrected chi connectivity index (χ2v) is 22.8. The molecule has 5 aliphatic heterocycles. The van der Waals surface area contributed by atoms with Crippen LogP contribution in [-0.4, -0.2) is 245 Å². The van der Waals surface area contributed by atoms with Crippen molar-refractivity contribution in [2.75, 3.05) is 39.6 Å². The Morgan fingerprint density at radius 2 is 1.18 bits per heavy atom. The lowest BCUT2D eigenvalue weighted by molar-refractivity contribution is -0.331. The predicted octanol–water partition coefficient (Wildman–Crippen LogP) is -4.64. The molecule has 0 amide bonds. The molecule has 1 spiro atoms. The average Bonchev–Trinajstić information content (AvgIpc) is 3.42. The molecule has 0 radical (unpaired) electrons. The highest BCUT2D eigenvalue weighted by Crippen LogP contribution is 2.73. The third-order valence-corrected chi connectivity index (χ3v) is 19.1. The Kier molecular flexibility index (Phi) is 15.3. The van der Waals surface area contributed by atoms with E-state index in [1.807, 2.05) is 6.92 Å². The van der Waals surface area contributed by atoms with Gasteiger partial charge in [0, 0.05) is 5.92 Å². The third-order valence-electron chi connectivity index (χ3n) is 19.1. The number of rotatable bonds is 14. The van der Waals surface area contributed by atoms with E-state index < -0.39 is 178 Å². The quantitative estimate of drug-likeness (QED) is 0.0575. The maximum atomic E-state index is 14.3. The maximum absolute atomic E-state index is 14.3. The molecule has 10 aliphatic rings. The SMILES string of the molecule is C=C1CC23CC[C@H]4[C@@](C)(CCC[C@@]4(C)C(=O)O[C@@H]4OC(CO)[C@@H](O)C(O)C4O)[C@@H]2CC[C@]1(OC[C@@H]1OC(CO)C2(OC[C@@H]4OC(CO)[C@@H](O)C(O)C4O)CC(C1O[C@@H]1OC(CO)[C@@H](O)C(O)C1O)[C@@H]2O)C3. The van der Waals surface area contributed by atoms with Gasteiger partial charge in [0.25, 0.3) is 0 Å². The number of carbonyl (C=O) groups excluding carboxylic acids is 1. The Morgan fingerprint density at radius 1 is 0.620 bits per heavy atom. The number of esters is 1. The van der Waals surface area contributed by atoms with E-state index in [0.717, 1.165) is 18.4 Å². The van der Waals surface area contributed by atoms with Gasteiger partial charge < -0.3 is 109 Å². The summed E-state index contributed by atoms with van der Waals surface area (Å²) < 4.78 is 49.1. The van der Waals surface area contributed by atoms with Crippen molar-refractivity contribution in [1.82, 2.24) is 0 Å². The molecule has 71 heavy (non-hydrogen) atoms. The van der Waals surface area contributed by atoms with E-state index >= 15 is 0 Å². The minimum absolute atomic E-state index is 0.0349. The Bertz CT molecular complexity index is 1910. The summed E-state index contributed by atoms with van der Waals surface area (Å²) in [7, 11) is 0. The van der Waals surface area contributed by atoms with Crippen LogP contribution in [0.25, 0.3) is 0 Å². The Morgan fingerprint density at radius 3 is 1.80 bits per heavy atom. The van der Waals surface area contributed by atoms with Gasteiger partial charge in [-0.2, -0.15) is 0 Å². The van der Waals surface area contributed by atoms with Crippen molar-refractivity contribution in [3.05, 3.63) is 12.2 Å². The molecule has 23 heteroatoms. The largest absolute Gasteiger partial charge is 0.432 e. The normalized spacial score (nSPS) is 54.8. The molecule has 0 aromatic carbocycles. The van der Waals surface area contributed by atoms with Gasteiger partial charge >= 0.3 is 5.97 Å². The van der Waals surface area contributed by atoms with E-state index in [-0.39, 0.29) is 35.7 Å². The van der Waals surface area contributed by atoms with Crippen LogP contribution in [0, 0.1) is 34.0 Å². The zero-order valence-electron chi connectivity index (χ0n) is 40.2. The molecule has 5 aliphatic carbocycles. The molecule has 27 atom stereocenters. The van der Waals surface area contributed by atoms with E-state index in [4.69, 9.17) is 37.9 Å². The molecule has 406 valence electrons. The fourth-order valence-electron chi connectivity index (χ4n) is 15.2. The smallest absolute Gasteiger partial charge is 0.314 e. The van der Waals surface area contributed by atoms with Gasteiger partial charge in [-0.3, -0.25) is 4.79 Å². The summed E-state index contributed by atoms with van der Waals surface area (Å²) in [5, 5.41) is 148. The molecule has 5 heterocycles. The van der Waals surface area contributed by atoms with Crippen molar-refractivity contribution in [1.29, 1.82) is 0 Å². The standard InChI is InChI=1S/C48H76O23/c1-20-11-46-9-5-27-44(2,7-4-8-45(27,3)43(63)71-42-38(61)36(59)32(55)24(15-51)69-42)28(46)6-10-47(20,19-46)64-18-26-39(70-41-37(60)35(58)31(54)23(14-50)68-41)21-12-48(40(21)62,29(16-52)67-26)65-17-25-33(56)34(57)30(53)22(13-49)66-25/h21-42,49-62H,1,4-19H2,2-3H3/t21?,22?,23?,24?,25-,26-,27-,28-,29?,30+,31+,32+,33?,34?,35?,36?,37?,38?,39?,40-,41-,42-,44+,45+,46?,47-,48?/m0/s1. The summed E-state index contributed by atoms with van der Waals surface area (Å²) in [4.78, 5) is 14.3. The van der Waals surface area contributed by atoms with Crippen LogP contribution in [0.3, 0.4) is 0 Å². The lowest BCUT2D eigenvalue weighted by Crippen LogP contribution is -2.69. The van der Waals surface area contributed by atoms with Gasteiger partial charge in [0.1, 0.15) is 97.2 Å². The molecule has 5 saturated heterocycles. The Balaban J connectivity index is 0.938. The van der Waals surface area contributed by atoms with Crippen LogP contribution in [0.15, 0.2) is 12.2 Å². The minimum atomic E-state index is -1.81. The zero-order chi connectivity index (χ0) is 51.3. The van der Waals surface area contributed by atoms with Crippen LogP contribution in [0.5, 0.6) is 0 Å². The highest BCUT2D eigenvalue weighted by molar-refractivity contribution is 5.77. The number of aliphatic hydroxyl groups excluding tert-OH is 14. The molecule has 14 N–H and O–H groups in total. The van der Waals surface area contributed by atoms with Crippen molar-refractivity contribution in [3.63, 3.8) is 0 Å². The van der Waals surface area contributed by atoms with Crippen LogP contribution in [0.2, 0.25) is 0 Å². The molecule has 5 saturated carbocycles. The number of hydrogen-bond donors (Lipinski definition) is 14. The molecule has 0 aromatic rings. The third kappa shape index (κ3) is 8.67. The molecular weight excluding hydrogens is 945 g/mol. The first-order valence-corrected chi connectivity index (χ1v) is 25.3. The van der Waals surface area contributed by atoms with Crippen molar-refractivity contribution >= 4 is 5.97 Å². The maximum Gasteiger partial charge on any atom is 0.314 e. The summed E-state index contributed by atoms with van der Waals surface area (Å²) in [5.74, 6) is -1.46. The van der Waals surface area contributed by atoms with Gasteiger partial charge in [0.2, 0.25) is 6.29 Å². The second kappa shape index (κ2) is 20.1. The van der Waals surface area contributed by atoms with Crippen molar-refractivity contribution in [2.45, 2.75) is 206 Å². The highest BCUT2D eigenvalue weighted by atomic mass is 16.7. The summed E-state index contributed by atoms with van der Waals surface area (Å²) >= 11 is 0. The highest BCUT2D eigenvalue weighted by Gasteiger charge is 2.70. The molecule has 4 bridgehead atoms. The first-order valence-electron chi connectivity index (χ1n) is 25.3.